The molecule has 3 rings (SSSR count). The van der Waals surface area contributed by atoms with E-state index in [4.69, 9.17) is 16.3 Å². The topological polar surface area (TPSA) is 102 Å². The van der Waals surface area contributed by atoms with Gasteiger partial charge in [-0.05, 0) is 29.8 Å². The Bertz CT molecular complexity index is 1200. The molecule has 0 saturated heterocycles. The number of halogens is 1. The van der Waals surface area contributed by atoms with Crippen molar-refractivity contribution in [2.45, 2.75) is 4.90 Å². The van der Waals surface area contributed by atoms with Crippen molar-refractivity contribution in [3.63, 3.8) is 0 Å². The molecule has 0 aliphatic rings. The van der Waals surface area contributed by atoms with Crippen LogP contribution in [0.15, 0.2) is 53.4 Å². The third-order valence-corrected chi connectivity index (χ3v) is 5.78. The smallest absolute Gasteiger partial charge is 0.337 e. The summed E-state index contributed by atoms with van der Waals surface area (Å²) in [6.45, 7) is 0. The minimum Gasteiger partial charge on any atom is -0.505 e. The van der Waals surface area contributed by atoms with Crippen LogP contribution >= 0.6 is 11.6 Å². The van der Waals surface area contributed by atoms with Gasteiger partial charge < -0.3 is 14.6 Å². The predicted octanol–water partition coefficient (Wildman–Crippen LogP) is 3.91. The van der Waals surface area contributed by atoms with Crippen LogP contribution in [0, 0.1) is 12.1 Å². The predicted molar refractivity (Wildman–Crippen MR) is 111 cm³/mol. The summed E-state index contributed by atoms with van der Waals surface area (Å²) in [5, 5.41) is 9.88. The second kappa shape index (κ2) is 8.53. The maximum Gasteiger partial charge on any atom is 0.337 e. The molecule has 0 fully saturated rings. The first-order valence-corrected chi connectivity index (χ1v) is 10.3. The normalized spacial score (nSPS) is 10.8. The number of rotatable bonds is 6. The van der Waals surface area contributed by atoms with Gasteiger partial charge in [0.15, 0.2) is 11.5 Å². The van der Waals surface area contributed by atoms with Crippen LogP contribution in [0.1, 0.15) is 10.4 Å². The molecule has 0 saturated carbocycles. The minimum atomic E-state index is -4.37. The van der Waals surface area contributed by atoms with Crippen LogP contribution in [0.4, 0.5) is 5.69 Å². The lowest BCUT2D eigenvalue weighted by Crippen LogP contribution is -2.15. The Hall–Kier alpha value is -3.41. The maximum absolute atomic E-state index is 13.0. The van der Waals surface area contributed by atoms with Gasteiger partial charge in [-0.15, -0.1) is 0 Å². The molecule has 0 heterocycles. The number of ether oxygens (including phenoxy) is 2. The highest BCUT2D eigenvalue weighted by Gasteiger charge is 2.25. The number of nitrogens with one attached hydrogen (secondary N) is 1. The fraction of sp³-hybridized carbons (Fsp3) is 0.0952. The van der Waals surface area contributed by atoms with Gasteiger partial charge in [-0.25, -0.2) is 13.2 Å². The van der Waals surface area contributed by atoms with Crippen molar-refractivity contribution in [3.05, 3.63) is 71.2 Å². The van der Waals surface area contributed by atoms with Crippen molar-refractivity contribution >= 4 is 33.3 Å². The number of methoxy groups -OCH3 is 2. The van der Waals surface area contributed by atoms with Gasteiger partial charge in [0.2, 0.25) is 0 Å². The van der Waals surface area contributed by atoms with E-state index in [1.807, 2.05) is 30.3 Å². The van der Waals surface area contributed by atoms with E-state index in [0.717, 1.165) is 24.8 Å². The Morgan fingerprint density at radius 3 is 2.43 bits per heavy atom. The third kappa shape index (κ3) is 4.27. The van der Waals surface area contributed by atoms with Gasteiger partial charge in [0.25, 0.3) is 10.0 Å². The zero-order valence-corrected chi connectivity index (χ0v) is 17.5. The number of benzene rings is 2. The Kier molecular flexibility index (Phi) is 6.06. The van der Waals surface area contributed by atoms with Crippen LogP contribution in [0.25, 0.3) is 11.1 Å². The van der Waals surface area contributed by atoms with Gasteiger partial charge in [-0.2, -0.15) is 0 Å². The molecule has 0 spiro atoms. The number of carbonyl (C=O) groups excluding carboxylic acids is 1. The molecule has 0 bridgehead atoms. The molecule has 2 N–H and O–H groups in total. The van der Waals surface area contributed by atoms with Crippen LogP contribution in [-0.4, -0.2) is 33.7 Å². The van der Waals surface area contributed by atoms with Crippen LogP contribution in [0.5, 0.6) is 11.5 Å². The average molecular weight is 446 g/mol. The minimum absolute atomic E-state index is 0.0640. The van der Waals surface area contributed by atoms with Crippen LogP contribution in [0.2, 0.25) is 5.02 Å². The highest BCUT2D eigenvalue weighted by atomic mass is 35.5. The van der Waals surface area contributed by atoms with Gasteiger partial charge >= 0.3 is 5.97 Å². The molecule has 0 aliphatic heterocycles. The van der Waals surface area contributed by atoms with Crippen molar-refractivity contribution in [2.24, 2.45) is 0 Å². The second-order valence-electron chi connectivity index (χ2n) is 6.02. The molecule has 0 unspecified atom stereocenters. The SMILES string of the molecule is COC(=O)c1cc(Cl)c(O)c(S(=O)(=O)Nc2cc(-c3ccccc3)c#cc2OC)c1. The monoisotopic (exact) mass is 445 g/mol. The van der Waals surface area contributed by atoms with E-state index in [0.29, 0.717) is 5.56 Å². The second-order valence-corrected chi connectivity index (χ2v) is 8.08. The number of hydrogen-bond donors (Lipinski definition) is 2. The van der Waals surface area contributed by atoms with E-state index in [9.17, 15) is 18.3 Å². The van der Waals surface area contributed by atoms with Crippen molar-refractivity contribution in [1.82, 2.24) is 0 Å². The fourth-order valence-electron chi connectivity index (χ4n) is 2.66. The molecule has 0 aliphatic carbocycles. The molecular formula is C21H16ClNO6S. The Morgan fingerprint density at radius 2 is 1.80 bits per heavy atom. The Morgan fingerprint density at radius 1 is 1.10 bits per heavy atom. The molecule has 9 heteroatoms. The molecule has 0 radical (unpaired) electrons. The number of hydrogen-bond acceptors (Lipinski definition) is 6. The van der Waals surface area contributed by atoms with Crippen LogP contribution in [0.3, 0.4) is 0 Å². The first-order valence-electron chi connectivity index (χ1n) is 8.48. The lowest BCUT2D eigenvalue weighted by molar-refractivity contribution is 0.0600. The number of carbonyl (C=O) groups is 1. The number of phenols is 1. The van der Waals surface area contributed by atoms with Gasteiger partial charge in [-0.3, -0.25) is 4.72 Å². The summed E-state index contributed by atoms with van der Waals surface area (Å²) < 4.78 is 38.1. The van der Waals surface area contributed by atoms with E-state index in [1.54, 1.807) is 0 Å². The largest absolute Gasteiger partial charge is 0.505 e. The van der Waals surface area contributed by atoms with E-state index < -0.39 is 26.6 Å². The standard InChI is InChI=1S/C21H16ClNO6S/c1-28-18-9-8-14(13-6-4-3-5-7-13)11-17(18)23-30(26,27)19-12-15(21(25)29-2)10-16(22)20(19)24/h3-7,10-12,23-24H,1-2H3. The van der Waals surface area contributed by atoms with E-state index in [-0.39, 0.29) is 22.0 Å². The first-order chi connectivity index (χ1) is 14.3. The number of phenolic OH excluding ortho intramolecular Hbond substituents is 1. The summed E-state index contributed by atoms with van der Waals surface area (Å²) in [6.07, 6.45) is 0. The lowest BCUT2D eigenvalue weighted by Gasteiger charge is -2.13. The molecule has 154 valence electrons. The Balaban J connectivity index is 2.07. The van der Waals surface area contributed by atoms with E-state index in [1.165, 1.54) is 13.2 Å². The van der Waals surface area contributed by atoms with E-state index in [2.05, 4.69) is 21.6 Å². The van der Waals surface area contributed by atoms with Crippen molar-refractivity contribution < 1.29 is 27.8 Å². The highest BCUT2D eigenvalue weighted by molar-refractivity contribution is 7.92. The molecule has 0 aromatic heterocycles. The fourth-order valence-corrected chi connectivity index (χ4v) is 4.13. The number of aromatic hydroxyl groups is 1. The number of anilines is 1. The van der Waals surface area contributed by atoms with Gasteiger partial charge in [0.05, 0.1) is 24.8 Å². The average Bonchev–Trinajstić information content (AvgIpc) is 2.75. The maximum atomic E-state index is 13.0. The zero-order valence-electron chi connectivity index (χ0n) is 15.9. The summed E-state index contributed by atoms with van der Waals surface area (Å²) >= 11 is 5.91. The van der Waals surface area contributed by atoms with Crippen LogP contribution < -0.4 is 9.46 Å². The van der Waals surface area contributed by atoms with Crippen LogP contribution in [-0.2, 0) is 14.8 Å². The molecule has 30 heavy (non-hydrogen) atoms. The van der Waals surface area contributed by atoms with Gasteiger partial charge in [0.1, 0.15) is 10.6 Å². The summed E-state index contributed by atoms with van der Waals surface area (Å²) in [5.74, 6) is -1.42. The lowest BCUT2D eigenvalue weighted by atomic mass is 10.1. The summed E-state index contributed by atoms with van der Waals surface area (Å²) in [5.41, 5.74) is 1.29. The third-order valence-electron chi connectivity index (χ3n) is 4.12. The van der Waals surface area contributed by atoms with E-state index >= 15 is 0 Å². The summed E-state index contributed by atoms with van der Waals surface area (Å²) in [7, 11) is -1.87. The van der Waals surface area contributed by atoms with Gasteiger partial charge in [0, 0.05) is 5.56 Å². The molecule has 0 atom stereocenters. The Labute approximate surface area is 178 Å². The van der Waals surface area contributed by atoms with Crippen molar-refractivity contribution in [1.29, 1.82) is 0 Å². The van der Waals surface area contributed by atoms with Crippen molar-refractivity contribution in [3.8, 4) is 22.6 Å². The number of sulfonamides is 1. The molecule has 3 aromatic rings. The zero-order chi connectivity index (χ0) is 21.9. The van der Waals surface area contributed by atoms with Crippen molar-refractivity contribution in [2.75, 3.05) is 18.9 Å². The van der Waals surface area contributed by atoms with Gasteiger partial charge in [-0.1, -0.05) is 48.0 Å². The summed E-state index contributed by atoms with van der Waals surface area (Å²) in [4.78, 5) is 11.2. The summed E-state index contributed by atoms with van der Waals surface area (Å²) in [6, 6.07) is 18.4. The number of esters is 1. The quantitative estimate of drug-likeness (QED) is 0.558. The highest BCUT2D eigenvalue weighted by Crippen LogP contribution is 2.35. The molecule has 7 nitrogen and oxygen atoms in total. The first kappa shape index (κ1) is 21.3. The molecule has 3 aromatic carbocycles. The molecule has 0 amide bonds. The molecular weight excluding hydrogens is 430 g/mol.